The van der Waals surface area contributed by atoms with E-state index in [0.717, 1.165) is 22.5 Å². The van der Waals surface area contributed by atoms with Crippen LogP contribution < -0.4 is 14.4 Å². The normalized spacial score (nSPS) is 16.4. The first-order valence-electron chi connectivity index (χ1n) is 10.3. The molecule has 0 aliphatic carbocycles. The van der Waals surface area contributed by atoms with Crippen LogP contribution in [0.3, 0.4) is 0 Å². The molecule has 1 atom stereocenters. The molecule has 0 aromatic heterocycles. The Bertz CT molecular complexity index is 1170. The summed E-state index contributed by atoms with van der Waals surface area (Å²) in [6.45, 7) is 5.16. The molecule has 0 bridgehead atoms. The Balaban J connectivity index is 1.86. The van der Waals surface area contributed by atoms with Crippen molar-refractivity contribution >= 4 is 37.7 Å². The third-order valence-corrected chi connectivity index (χ3v) is 7.01. The van der Waals surface area contributed by atoms with Gasteiger partial charge in [0, 0.05) is 17.4 Å². The molecule has 0 fully saturated rings. The zero-order chi connectivity index (χ0) is 25.3. The number of fused-ring (bicyclic) bond motifs is 1. The van der Waals surface area contributed by atoms with E-state index in [4.69, 9.17) is 9.47 Å². The molecule has 7 nitrogen and oxygen atoms in total. The molecular formula is C22H24BrF3N2O5S. The molecule has 0 unspecified atom stereocenters. The van der Waals surface area contributed by atoms with Gasteiger partial charge in [-0.15, -0.1) is 0 Å². The highest BCUT2D eigenvalue weighted by Crippen LogP contribution is 2.40. The van der Waals surface area contributed by atoms with Crippen molar-refractivity contribution in [3.63, 3.8) is 0 Å². The fourth-order valence-corrected chi connectivity index (χ4v) is 5.17. The molecule has 1 aliphatic heterocycles. The fourth-order valence-electron chi connectivity index (χ4n) is 3.27. The van der Waals surface area contributed by atoms with Crippen LogP contribution in [0.1, 0.15) is 32.8 Å². The van der Waals surface area contributed by atoms with Crippen molar-refractivity contribution < 1.29 is 35.9 Å². The van der Waals surface area contributed by atoms with Crippen LogP contribution in [0.2, 0.25) is 0 Å². The summed E-state index contributed by atoms with van der Waals surface area (Å²) in [7, 11) is -4.35. The van der Waals surface area contributed by atoms with E-state index < -0.39 is 44.5 Å². The van der Waals surface area contributed by atoms with Crippen molar-refractivity contribution in [1.82, 2.24) is 5.32 Å². The number of alkyl carbamates (subject to hydrolysis) is 1. The molecule has 0 saturated heterocycles. The smallest absolute Gasteiger partial charge is 0.416 e. The number of nitrogens with zero attached hydrogens (tertiary/aromatic N) is 1. The van der Waals surface area contributed by atoms with E-state index in [2.05, 4.69) is 21.2 Å². The van der Waals surface area contributed by atoms with Crippen LogP contribution in [0, 0.1) is 0 Å². The summed E-state index contributed by atoms with van der Waals surface area (Å²) in [6, 6.07) is 8.36. The van der Waals surface area contributed by atoms with E-state index in [1.54, 1.807) is 32.9 Å². The molecule has 2 aromatic rings. The van der Waals surface area contributed by atoms with Crippen LogP contribution in [-0.2, 0) is 20.9 Å². The average Bonchev–Trinajstić information content (AvgIpc) is 2.71. The molecule has 1 N–H and O–H groups in total. The third-order valence-electron chi connectivity index (χ3n) is 4.74. The minimum atomic E-state index is -4.69. The first kappa shape index (κ1) is 26.1. The maximum atomic E-state index is 13.4. The second-order valence-electron chi connectivity index (χ2n) is 8.63. The molecule has 0 radical (unpaired) electrons. The first-order valence-corrected chi connectivity index (χ1v) is 12.5. The largest absolute Gasteiger partial charge is 0.486 e. The summed E-state index contributed by atoms with van der Waals surface area (Å²) in [4.78, 5) is 11.4. The van der Waals surface area contributed by atoms with Crippen molar-refractivity contribution in [3.8, 4) is 5.75 Å². The highest BCUT2D eigenvalue weighted by atomic mass is 79.9. The Morgan fingerprint density at radius 1 is 1.21 bits per heavy atom. The average molecular weight is 565 g/mol. The lowest BCUT2D eigenvalue weighted by atomic mass is 10.2. The van der Waals surface area contributed by atoms with Gasteiger partial charge in [-0.1, -0.05) is 22.0 Å². The summed E-state index contributed by atoms with van der Waals surface area (Å²) < 4.78 is 79.1. The first-order chi connectivity index (χ1) is 15.7. The van der Waals surface area contributed by atoms with E-state index in [-0.39, 0.29) is 30.9 Å². The SMILES string of the molecule is CC(C)(C)OC(=O)NCC[C@H]1CN(S(=O)(=O)c2cccc(C(F)(F)F)c2)c2cc(Br)ccc2O1. The van der Waals surface area contributed by atoms with Crippen LogP contribution in [0.25, 0.3) is 0 Å². The van der Waals surface area contributed by atoms with Crippen LogP contribution in [0.15, 0.2) is 51.8 Å². The van der Waals surface area contributed by atoms with E-state index in [9.17, 15) is 26.4 Å². The molecule has 1 aliphatic rings. The van der Waals surface area contributed by atoms with Crippen LogP contribution in [0.4, 0.5) is 23.7 Å². The van der Waals surface area contributed by atoms with E-state index in [1.165, 1.54) is 6.07 Å². The lowest BCUT2D eigenvalue weighted by Crippen LogP contribution is -2.45. The molecule has 1 heterocycles. The van der Waals surface area contributed by atoms with Gasteiger partial charge >= 0.3 is 12.3 Å². The van der Waals surface area contributed by atoms with Crippen molar-refractivity contribution in [1.29, 1.82) is 0 Å². The number of carbonyl (C=O) groups excluding carboxylic acids is 1. The maximum Gasteiger partial charge on any atom is 0.416 e. The highest BCUT2D eigenvalue weighted by molar-refractivity contribution is 9.10. The van der Waals surface area contributed by atoms with Gasteiger partial charge in [0.05, 0.1) is 22.7 Å². The molecular weight excluding hydrogens is 541 g/mol. The number of hydrogen-bond donors (Lipinski definition) is 1. The number of sulfonamides is 1. The van der Waals surface area contributed by atoms with Crippen LogP contribution >= 0.6 is 15.9 Å². The topological polar surface area (TPSA) is 84.9 Å². The van der Waals surface area contributed by atoms with Crippen LogP contribution in [0.5, 0.6) is 5.75 Å². The number of amides is 1. The standard InChI is InChI=1S/C22H24BrF3N2O5S/c1-21(2,3)33-20(29)27-10-9-16-13-28(18-12-15(23)7-8-19(18)32-16)34(30,31)17-6-4-5-14(11-17)22(24,25)26/h4-8,11-12,16H,9-10,13H2,1-3H3,(H,27,29)/t16-/m0/s1. The summed E-state index contributed by atoms with van der Waals surface area (Å²) in [5.74, 6) is 0.257. The summed E-state index contributed by atoms with van der Waals surface area (Å²) >= 11 is 3.29. The predicted octanol–water partition coefficient (Wildman–Crippen LogP) is 5.34. The maximum absolute atomic E-state index is 13.4. The predicted molar refractivity (Wildman–Crippen MR) is 123 cm³/mol. The van der Waals surface area contributed by atoms with Gasteiger partial charge in [0.15, 0.2) is 0 Å². The zero-order valence-electron chi connectivity index (χ0n) is 18.6. The fraction of sp³-hybridized carbons (Fsp3) is 0.409. The summed E-state index contributed by atoms with van der Waals surface area (Å²) in [6.07, 6.45) is -5.73. The lowest BCUT2D eigenvalue weighted by molar-refractivity contribution is -0.137. The quantitative estimate of drug-likeness (QED) is 0.530. The number of carbonyl (C=O) groups is 1. The molecule has 0 saturated carbocycles. The number of ether oxygens (including phenoxy) is 2. The van der Waals surface area contributed by atoms with Crippen molar-refractivity contribution in [2.45, 2.75) is 50.0 Å². The number of benzene rings is 2. The number of halogens is 4. The van der Waals surface area contributed by atoms with Gasteiger partial charge in [0.2, 0.25) is 0 Å². The van der Waals surface area contributed by atoms with Crippen molar-refractivity contribution in [2.75, 3.05) is 17.4 Å². The minimum Gasteiger partial charge on any atom is -0.486 e. The monoisotopic (exact) mass is 564 g/mol. The Labute approximate surface area is 204 Å². The Morgan fingerprint density at radius 2 is 1.91 bits per heavy atom. The Kier molecular flexibility index (Phi) is 7.42. The lowest BCUT2D eigenvalue weighted by Gasteiger charge is -2.35. The van der Waals surface area contributed by atoms with Gasteiger partial charge < -0.3 is 14.8 Å². The van der Waals surface area contributed by atoms with Crippen LogP contribution in [-0.4, -0.2) is 39.3 Å². The third kappa shape index (κ3) is 6.35. The zero-order valence-corrected chi connectivity index (χ0v) is 21.1. The molecule has 12 heteroatoms. The number of anilines is 1. The van der Waals surface area contributed by atoms with E-state index >= 15 is 0 Å². The molecule has 1 amide bonds. The minimum absolute atomic E-state index is 0.142. The van der Waals surface area contributed by atoms with Gasteiger partial charge in [0.1, 0.15) is 17.5 Å². The van der Waals surface area contributed by atoms with Crippen molar-refractivity contribution in [3.05, 3.63) is 52.5 Å². The number of rotatable bonds is 5. The van der Waals surface area contributed by atoms with Gasteiger partial charge in [-0.2, -0.15) is 13.2 Å². The van der Waals surface area contributed by atoms with E-state index in [0.29, 0.717) is 10.5 Å². The van der Waals surface area contributed by atoms with Gasteiger partial charge in [-0.3, -0.25) is 4.31 Å². The summed E-state index contributed by atoms with van der Waals surface area (Å²) in [5, 5.41) is 2.59. The number of alkyl halides is 3. The summed E-state index contributed by atoms with van der Waals surface area (Å²) in [5.41, 5.74) is -1.54. The highest BCUT2D eigenvalue weighted by Gasteiger charge is 2.37. The van der Waals surface area contributed by atoms with Gasteiger partial charge in [-0.05, 0) is 57.2 Å². The number of hydrogen-bond acceptors (Lipinski definition) is 5. The van der Waals surface area contributed by atoms with Crippen molar-refractivity contribution in [2.24, 2.45) is 0 Å². The molecule has 0 spiro atoms. The molecule has 2 aromatic carbocycles. The Hall–Kier alpha value is -2.47. The Morgan fingerprint density at radius 3 is 2.56 bits per heavy atom. The van der Waals surface area contributed by atoms with Gasteiger partial charge in [0.25, 0.3) is 10.0 Å². The molecule has 3 rings (SSSR count). The molecule has 186 valence electrons. The number of nitrogens with one attached hydrogen (secondary N) is 1. The molecule has 34 heavy (non-hydrogen) atoms. The second-order valence-corrected chi connectivity index (χ2v) is 11.4. The van der Waals surface area contributed by atoms with E-state index in [1.807, 2.05) is 0 Å². The second kappa shape index (κ2) is 9.65. The van der Waals surface area contributed by atoms with Gasteiger partial charge in [-0.25, -0.2) is 13.2 Å².